The molecular weight excluding hydrogens is 326 g/mol. The van der Waals surface area contributed by atoms with Gasteiger partial charge < -0.3 is 9.73 Å². The van der Waals surface area contributed by atoms with Gasteiger partial charge in [0.2, 0.25) is 0 Å². The minimum atomic E-state index is 0.145. The van der Waals surface area contributed by atoms with E-state index in [0.717, 1.165) is 29.6 Å². The Bertz CT molecular complexity index is 526. The van der Waals surface area contributed by atoms with Crippen LogP contribution in [0.2, 0.25) is 5.22 Å². The summed E-state index contributed by atoms with van der Waals surface area (Å²) in [7, 11) is 0. The summed E-state index contributed by atoms with van der Waals surface area (Å²) in [6.07, 6.45) is 1.95. The summed E-state index contributed by atoms with van der Waals surface area (Å²) >= 11 is 9.46. The van der Waals surface area contributed by atoms with Gasteiger partial charge in [-0.25, -0.2) is 0 Å². The molecule has 1 heterocycles. The van der Waals surface area contributed by atoms with Gasteiger partial charge in [-0.15, -0.1) is 0 Å². The van der Waals surface area contributed by atoms with Gasteiger partial charge in [-0.05, 0) is 54.7 Å². The van der Waals surface area contributed by atoms with Crippen molar-refractivity contribution in [3.8, 4) is 0 Å². The molecule has 19 heavy (non-hydrogen) atoms. The maximum Gasteiger partial charge on any atom is 0.193 e. The molecule has 1 atom stereocenters. The number of nitrogens with one attached hydrogen (secondary N) is 1. The zero-order chi connectivity index (χ0) is 13.7. The van der Waals surface area contributed by atoms with E-state index >= 15 is 0 Å². The maximum absolute atomic E-state index is 5.87. The number of hydrogen-bond acceptors (Lipinski definition) is 2. The van der Waals surface area contributed by atoms with Crippen LogP contribution in [0.4, 0.5) is 0 Å². The molecule has 0 saturated heterocycles. The lowest BCUT2D eigenvalue weighted by atomic mass is 10.0. The highest BCUT2D eigenvalue weighted by atomic mass is 79.9. The molecule has 1 aromatic carbocycles. The average Bonchev–Trinajstić information content (AvgIpc) is 2.83. The quantitative estimate of drug-likeness (QED) is 0.801. The Morgan fingerprint density at radius 3 is 2.68 bits per heavy atom. The van der Waals surface area contributed by atoms with E-state index in [1.54, 1.807) is 6.07 Å². The Morgan fingerprint density at radius 2 is 2.05 bits per heavy atom. The smallest absolute Gasteiger partial charge is 0.193 e. The maximum atomic E-state index is 5.87. The van der Waals surface area contributed by atoms with Gasteiger partial charge in [0.05, 0.1) is 6.04 Å². The Kier molecular flexibility index (Phi) is 5.49. The predicted molar refractivity (Wildman–Crippen MR) is 82.6 cm³/mol. The summed E-state index contributed by atoms with van der Waals surface area (Å²) in [4.78, 5) is 0. The molecule has 0 bridgehead atoms. The predicted octanol–water partition coefficient (Wildman–Crippen LogP) is 4.98. The Balaban J connectivity index is 2.16. The molecule has 0 aliphatic carbocycles. The highest BCUT2D eigenvalue weighted by Crippen LogP contribution is 2.26. The molecule has 1 N–H and O–H groups in total. The monoisotopic (exact) mass is 341 g/mol. The molecule has 0 saturated carbocycles. The van der Waals surface area contributed by atoms with E-state index in [4.69, 9.17) is 16.0 Å². The molecular formula is C15H17BrClNO. The van der Waals surface area contributed by atoms with Crippen LogP contribution in [0.5, 0.6) is 0 Å². The minimum Gasteiger partial charge on any atom is -0.448 e. The fraction of sp³-hybridized carbons (Fsp3) is 0.333. The van der Waals surface area contributed by atoms with Gasteiger partial charge in [-0.2, -0.15) is 0 Å². The molecule has 0 spiro atoms. The second kappa shape index (κ2) is 7.13. The van der Waals surface area contributed by atoms with Gasteiger partial charge in [0.25, 0.3) is 0 Å². The molecule has 102 valence electrons. The topological polar surface area (TPSA) is 25.2 Å². The van der Waals surface area contributed by atoms with Crippen molar-refractivity contribution in [2.45, 2.75) is 25.8 Å². The van der Waals surface area contributed by atoms with Crippen molar-refractivity contribution in [2.24, 2.45) is 0 Å². The molecule has 0 radical (unpaired) electrons. The second-order valence-corrected chi connectivity index (χ2v) is 5.67. The molecule has 0 aliphatic heterocycles. The van der Waals surface area contributed by atoms with Gasteiger partial charge >= 0.3 is 0 Å². The molecule has 1 aromatic heterocycles. The van der Waals surface area contributed by atoms with Crippen LogP contribution in [-0.4, -0.2) is 6.54 Å². The van der Waals surface area contributed by atoms with Crippen molar-refractivity contribution in [2.75, 3.05) is 6.54 Å². The summed E-state index contributed by atoms with van der Waals surface area (Å²) in [6, 6.07) is 12.1. The van der Waals surface area contributed by atoms with Crippen molar-refractivity contribution in [1.82, 2.24) is 5.32 Å². The fourth-order valence-corrected chi connectivity index (χ4v) is 2.59. The third-order valence-electron chi connectivity index (χ3n) is 2.96. The first kappa shape index (κ1) is 14.6. The largest absolute Gasteiger partial charge is 0.448 e. The van der Waals surface area contributed by atoms with Crippen LogP contribution in [0.3, 0.4) is 0 Å². The highest BCUT2D eigenvalue weighted by Gasteiger charge is 2.16. The highest BCUT2D eigenvalue weighted by molar-refractivity contribution is 9.10. The summed E-state index contributed by atoms with van der Waals surface area (Å²) in [5.74, 6) is 0.884. The fourth-order valence-electron chi connectivity index (χ4n) is 1.99. The van der Waals surface area contributed by atoms with Crippen molar-refractivity contribution >= 4 is 27.5 Å². The lowest BCUT2D eigenvalue weighted by molar-refractivity contribution is 0.411. The molecule has 0 fully saturated rings. The van der Waals surface area contributed by atoms with E-state index in [1.807, 2.05) is 18.2 Å². The van der Waals surface area contributed by atoms with Gasteiger partial charge in [0, 0.05) is 4.47 Å². The number of hydrogen-bond donors (Lipinski definition) is 1. The first-order valence-electron chi connectivity index (χ1n) is 6.42. The number of benzene rings is 1. The number of halogens is 2. The summed E-state index contributed by atoms with van der Waals surface area (Å²) < 4.78 is 6.66. The second-order valence-electron chi connectivity index (χ2n) is 4.44. The third kappa shape index (κ3) is 4.10. The van der Waals surface area contributed by atoms with Crippen molar-refractivity contribution in [3.63, 3.8) is 0 Å². The molecule has 0 aliphatic rings. The first-order valence-corrected chi connectivity index (χ1v) is 7.60. The van der Waals surface area contributed by atoms with E-state index in [2.05, 4.69) is 40.3 Å². The standard InChI is InChI=1S/C15H17BrClNO/c1-2-9-18-13(14-7-8-15(17)19-14)10-11-5-3-4-6-12(11)16/h3-8,13,18H,2,9-10H2,1H3. The van der Waals surface area contributed by atoms with Gasteiger partial charge in [-0.1, -0.05) is 41.1 Å². The third-order valence-corrected chi connectivity index (χ3v) is 3.94. The number of furan rings is 1. The van der Waals surface area contributed by atoms with Crippen molar-refractivity contribution < 1.29 is 4.42 Å². The summed E-state index contributed by atoms with van der Waals surface area (Å²) in [5, 5.41) is 3.94. The molecule has 4 heteroatoms. The Morgan fingerprint density at radius 1 is 1.26 bits per heavy atom. The van der Waals surface area contributed by atoms with E-state index in [1.165, 1.54) is 5.56 Å². The van der Waals surface area contributed by atoms with Crippen molar-refractivity contribution in [1.29, 1.82) is 0 Å². The summed E-state index contributed by atoms with van der Waals surface area (Å²) in [6.45, 7) is 3.10. The number of rotatable bonds is 6. The zero-order valence-corrected chi connectivity index (χ0v) is 13.2. The van der Waals surface area contributed by atoms with Crippen LogP contribution in [-0.2, 0) is 6.42 Å². The van der Waals surface area contributed by atoms with E-state index < -0.39 is 0 Å². The first-order chi connectivity index (χ1) is 9.20. The lowest BCUT2D eigenvalue weighted by Gasteiger charge is -2.17. The molecule has 2 rings (SSSR count). The Labute approximate surface area is 127 Å². The van der Waals surface area contributed by atoms with Gasteiger partial charge in [0.1, 0.15) is 5.76 Å². The van der Waals surface area contributed by atoms with Crippen LogP contribution in [0, 0.1) is 0 Å². The van der Waals surface area contributed by atoms with Crippen molar-refractivity contribution in [3.05, 3.63) is 57.4 Å². The lowest BCUT2D eigenvalue weighted by Crippen LogP contribution is -2.23. The van der Waals surface area contributed by atoms with Gasteiger partial charge in [0.15, 0.2) is 5.22 Å². The van der Waals surface area contributed by atoms with E-state index in [-0.39, 0.29) is 6.04 Å². The van der Waals surface area contributed by atoms with E-state index in [9.17, 15) is 0 Å². The van der Waals surface area contributed by atoms with E-state index in [0.29, 0.717) is 5.22 Å². The summed E-state index contributed by atoms with van der Waals surface area (Å²) in [5.41, 5.74) is 1.25. The van der Waals surface area contributed by atoms with Gasteiger partial charge in [-0.3, -0.25) is 0 Å². The SMILES string of the molecule is CCCNC(Cc1ccccc1Br)c1ccc(Cl)o1. The van der Waals surface area contributed by atoms with Crippen LogP contribution in [0.25, 0.3) is 0 Å². The Hall–Kier alpha value is -0.770. The zero-order valence-electron chi connectivity index (χ0n) is 10.8. The van der Waals surface area contributed by atoms with Crippen LogP contribution >= 0.6 is 27.5 Å². The molecule has 2 nitrogen and oxygen atoms in total. The normalized spacial score (nSPS) is 12.6. The van der Waals surface area contributed by atoms with Crippen LogP contribution in [0.1, 0.15) is 30.7 Å². The molecule has 0 amide bonds. The molecule has 1 unspecified atom stereocenters. The molecule has 2 aromatic rings. The van der Waals surface area contributed by atoms with Crippen LogP contribution < -0.4 is 5.32 Å². The van der Waals surface area contributed by atoms with Crippen LogP contribution in [0.15, 0.2) is 45.3 Å². The average molecular weight is 343 g/mol. The minimum absolute atomic E-state index is 0.145.